The van der Waals surface area contributed by atoms with Crippen molar-refractivity contribution in [2.24, 2.45) is 5.10 Å². The standard InChI is InChI=1S/C9H11ClIN3OS/c1-3-7(13-14-16-11)9-6(10)4-5-8(12-9)15-2/h4-5,14H,3H2,1-2H3/b13-7+. The topological polar surface area (TPSA) is 46.5 Å². The smallest absolute Gasteiger partial charge is 0.213 e. The third-order valence-electron chi connectivity index (χ3n) is 1.85. The number of hydrogen-bond acceptors (Lipinski definition) is 5. The highest BCUT2D eigenvalue weighted by atomic mass is 127. The molecule has 0 saturated heterocycles. The van der Waals surface area contributed by atoms with Gasteiger partial charge in [-0.15, -0.1) is 0 Å². The lowest BCUT2D eigenvalue weighted by molar-refractivity contribution is 0.397. The number of pyridine rings is 1. The molecule has 0 aromatic carbocycles. The summed E-state index contributed by atoms with van der Waals surface area (Å²) in [6, 6.07) is 3.48. The Labute approximate surface area is 116 Å². The Kier molecular flexibility index (Phi) is 6.22. The van der Waals surface area contributed by atoms with Crippen molar-refractivity contribution < 1.29 is 4.74 Å². The number of methoxy groups -OCH3 is 1. The molecule has 0 aliphatic rings. The van der Waals surface area contributed by atoms with Crippen LogP contribution in [0.15, 0.2) is 17.2 Å². The summed E-state index contributed by atoms with van der Waals surface area (Å²) in [6.07, 6.45) is 0.740. The van der Waals surface area contributed by atoms with Crippen molar-refractivity contribution in [3.63, 3.8) is 0 Å². The van der Waals surface area contributed by atoms with Crippen molar-refractivity contribution in [2.75, 3.05) is 7.11 Å². The van der Waals surface area contributed by atoms with Crippen LogP contribution in [0.3, 0.4) is 0 Å². The van der Waals surface area contributed by atoms with Gasteiger partial charge in [0.1, 0.15) is 5.69 Å². The summed E-state index contributed by atoms with van der Waals surface area (Å²) >= 11 is 8.17. The Morgan fingerprint density at radius 3 is 3.00 bits per heavy atom. The average Bonchev–Trinajstić information content (AvgIpc) is 2.32. The van der Waals surface area contributed by atoms with E-state index in [1.165, 1.54) is 9.12 Å². The van der Waals surface area contributed by atoms with Gasteiger partial charge in [0, 0.05) is 36.4 Å². The minimum absolute atomic E-state index is 0.530. The predicted molar refractivity (Wildman–Crippen MR) is 77.4 cm³/mol. The summed E-state index contributed by atoms with van der Waals surface area (Å²) in [6.45, 7) is 2.00. The van der Waals surface area contributed by atoms with Crippen molar-refractivity contribution in [3.8, 4) is 5.88 Å². The van der Waals surface area contributed by atoms with Crippen LogP contribution in [0.2, 0.25) is 5.02 Å². The van der Waals surface area contributed by atoms with Crippen LogP contribution in [0.25, 0.3) is 0 Å². The van der Waals surface area contributed by atoms with Gasteiger partial charge >= 0.3 is 0 Å². The molecule has 0 saturated carbocycles. The van der Waals surface area contributed by atoms with Gasteiger partial charge in [-0.25, -0.2) is 9.82 Å². The number of hydrazone groups is 1. The van der Waals surface area contributed by atoms with Crippen LogP contribution >= 0.6 is 41.9 Å². The van der Waals surface area contributed by atoms with Crippen molar-refractivity contribution >= 4 is 47.6 Å². The molecule has 1 aromatic heterocycles. The molecule has 0 atom stereocenters. The number of hydrogen-bond donors (Lipinski definition) is 1. The summed E-state index contributed by atoms with van der Waals surface area (Å²) in [5, 5.41) is 4.76. The first-order valence-electron chi connectivity index (χ1n) is 4.53. The molecule has 7 heteroatoms. The zero-order valence-corrected chi connectivity index (χ0v) is 12.6. The molecule has 88 valence electrons. The van der Waals surface area contributed by atoms with Gasteiger partial charge in [0.05, 0.1) is 17.8 Å². The number of halogens is 2. The zero-order chi connectivity index (χ0) is 12.0. The van der Waals surface area contributed by atoms with E-state index in [2.05, 4.69) is 36.1 Å². The first-order valence-corrected chi connectivity index (χ1v) is 8.26. The molecule has 4 nitrogen and oxygen atoms in total. The van der Waals surface area contributed by atoms with Crippen LogP contribution < -0.4 is 9.57 Å². The maximum Gasteiger partial charge on any atom is 0.213 e. The molecule has 0 radical (unpaired) electrons. The summed E-state index contributed by atoms with van der Waals surface area (Å²) in [4.78, 5) is 7.09. The maximum absolute atomic E-state index is 6.07. The van der Waals surface area contributed by atoms with Crippen LogP contribution in [-0.4, -0.2) is 17.8 Å². The van der Waals surface area contributed by atoms with Crippen molar-refractivity contribution in [1.82, 2.24) is 9.82 Å². The minimum Gasteiger partial charge on any atom is -0.481 e. The van der Waals surface area contributed by atoms with Crippen LogP contribution in [0.5, 0.6) is 5.88 Å². The van der Waals surface area contributed by atoms with Crippen molar-refractivity contribution in [1.29, 1.82) is 0 Å². The Hall–Kier alpha value is -0.210. The molecule has 0 fully saturated rings. The Balaban J connectivity index is 3.08. The van der Waals surface area contributed by atoms with Crippen LogP contribution in [0.1, 0.15) is 19.0 Å². The lowest BCUT2D eigenvalue weighted by Crippen LogP contribution is -2.08. The quantitative estimate of drug-likeness (QED) is 0.373. The second kappa shape index (κ2) is 7.18. The molecule has 16 heavy (non-hydrogen) atoms. The Bertz CT molecular complexity index is 389. The monoisotopic (exact) mass is 371 g/mol. The van der Waals surface area contributed by atoms with E-state index in [-0.39, 0.29) is 0 Å². The number of ether oxygens (including phenoxy) is 1. The predicted octanol–water partition coefficient (Wildman–Crippen LogP) is 3.45. The van der Waals surface area contributed by atoms with Crippen LogP contribution in [0, 0.1) is 0 Å². The second-order valence-corrected chi connectivity index (χ2v) is 4.83. The van der Waals surface area contributed by atoms with Gasteiger partial charge in [-0.2, -0.15) is 5.10 Å². The third-order valence-corrected chi connectivity index (χ3v) is 2.91. The Morgan fingerprint density at radius 2 is 2.44 bits per heavy atom. The molecule has 0 unspecified atom stereocenters. The lowest BCUT2D eigenvalue weighted by atomic mass is 10.2. The molecule has 1 N–H and O–H groups in total. The van der Waals surface area contributed by atoms with Crippen molar-refractivity contribution in [2.45, 2.75) is 13.3 Å². The highest BCUT2D eigenvalue weighted by Crippen LogP contribution is 2.20. The third kappa shape index (κ3) is 3.67. The molecular weight excluding hydrogens is 361 g/mol. The van der Waals surface area contributed by atoms with Crippen LogP contribution in [-0.2, 0) is 0 Å². The van der Waals surface area contributed by atoms with Crippen LogP contribution in [0.4, 0.5) is 0 Å². The van der Waals surface area contributed by atoms with Gasteiger partial charge in [-0.1, -0.05) is 18.5 Å². The first kappa shape index (κ1) is 13.9. The van der Waals surface area contributed by atoms with Gasteiger partial charge in [0.15, 0.2) is 0 Å². The highest BCUT2D eigenvalue weighted by Gasteiger charge is 2.10. The van der Waals surface area contributed by atoms with E-state index in [0.29, 0.717) is 16.6 Å². The van der Waals surface area contributed by atoms with Gasteiger partial charge in [0.2, 0.25) is 5.88 Å². The SMILES string of the molecule is CC/C(=N\NSI)c1nc(OC)ccc1Cl. The van der Waals surface area contributed by atoms with Gasteiger partial charge in [-0.3, -0.25) is 0 Å². The molecule has 1 heterocycles. The molecular formula is C9H11ClIN3OS. The number of aromatic nitrogens is 1. The van der Waals surface area contributed by atoms with E-state index < -0.39 is 0 Å². The largest absolute Gasteiger partial charge is 0.481 e. The Morgan fingerprint density at radius 1 is 1.69 bits per heavy atom. The fourth-order valence-electron chi connectivity index (χ4n) is 1.11. The minimum atomic E-state index is 0.530. The average molecular weight is 372 g/mol. The van der Waals surface area contributed by atoms with E-state index in [1.807, 2.05) is 6.92 Å². The highest BCUT2D eigenvalue weighted by molar-refractivity contribution is 14.2. The van der Waals surface area contributed by atoms with E-state index >= 15 is 0 Å². The normalized spacial score (nSPS) is 11.4. The van der Waals surface area contributed by atoms with Gasteiger partial charge in [-0.05, 0) is 12.5 Å². The number of rotatable bonds is 5. The summed E-state index contributed by atoms with van der Waals surface area (Å²) in [7, 11) is 2.96. The molecule has 1 aromatic rings. The summed E-state index contributed by atoms with van der Waals surface area (Å²) in [5.74, 6) is 0.530. The second-order valence-electron chi connectivity index (χ2n) is 2.76. The van der Waals surface area contributed by atoms with Gasteiger partial charge < -0.3 is 4.74 Å². The van der Waals surface area contributed by atoms with E-state index in [9.17, 15) is 0 Å². The van der Waals surface area contributed by atoms with E-state index in [1.54, 1.807) is 19.2 Å². The fourth-order valence-corrected chi connectivity index (χ4v) is 1.77. The molecule has 0 spiro atoms. The summed E-state index contributed by atoms with van der Waals surface area (Å²) < 4.78 is 5.06. The van der Waals surface area contributed by atoms with Crippen molar-refractivity contribution in [3.05, 3.63) is 22.8 Å². The molecule has 0 aliphatic carbocycles. The maximum atomic E-state index is 6.07. The molecule has 1 rings (SSSR count). The summed E-state index contributed by atoms with van der Waals surface area (Å²) in [5.41, 5.74) is 1.45. The zero-order valence-electron chi connectivity index (χ0n) is 8.83. The first-order chi connectivity index (χ1) is 7.72. The molecule has 0 amide bonds. The molecule has 0 bridgehead atoms. The van der Waals surface area contributed by atoms with E-state index in [4.69, 9.17) is 16.3 Å². The lowest BCUT2D eigenvalue weighted by Gasteiger charge is -2.07. The fraction of sp³-hybridized carbons (Fsp3) is 0.333. The number of nitrogens with one attached hydrogen (secondary N) is 1. The van der Waals surface area contributed by atoms with Gasteiger partial charge in [0.25, 0.3) is 0 Å². The molecule has 0 aliphatic heterocycles. The van der Waals surface area contributed by atoms with E-state index in [0.717, 1.165) is 12.1 Å². The number of nitrogens with zero attached hydrogens (tertiary/aromatic N) is 2.